The van der Waals surface area contributed by atoms with Gasteiger partial charge in [-0.2, -0.15) is 0 Å². The van der Waals surface area contributed by atoms with Crippen molar-refractivity contribution in [1.82, 2.24) is 14.9 Å². The molecule has 3 aromatic rings. The normalized spacial score (nSPS) is 13.5. The Morgan fingerprint density at radius 3 is 2.41 bits per heavy atom. The molecule has 0 spiro atoms. The van der Waals surface area contributed by atoms with Crippen LogP contribution in [0.15, 0.2) is 53.6 Å². The lowest BCUT2D eigenvalue weighted by molar-refractivity contribution is -0.123. The lowest BCUT2D eigenvalue weighted by atomic mass is 10.0. The van der Waals surface area contributed by atoms with Gasteiger partial charge in [-0.1, -0.05) is 18.2 Å². The monoisotopic (exact) mass is 457 g/mol. The van der Waals surface area contributed by atoms with E-state index in [1.54, 1.807) is 6.07 Å². The molecule has 1 amide bonds. The Morgan fingerprint density at radius 2 is 1.81 bits per heavy atom. The zero-order valence-corrected chi connectivity index (χ0v) is 19.4. The van der Waals surface area contributed by atoms with Crippen LogP contribution >= 0.6 is 0 Å². The SMILES string of the molecule is CCOc1ccc(-c2ccc3c(=O)n(CC[C@](C)(C(=O)NC)S(C)(=O)=O)cnc3c2)cc1. The van der Waals surface area contributed by atoms with Crippen LogP contribution in [-0.2, 0) is 21.2 Å². The molecular formula is C23H27N3O5S. The Hall–Kier alpha value is -3.20. The maximum atomic E-state index is 13.0. The van der Waals surface area contributed by atoms with Crippen molar-refractivity contribution in [3.63, 3.8) is 0 Å². The van der Waals surface area contributed by atoms with E-state index in [1.807, 2.05) is 43.3 Å². The number of hydrogen-bond acceptors (Lipinski definition) is 6. The third kappa shape index (κ3) is 4.52. The van der Waals surface area contributed by atoms with E-state index in [0.717, 1.165) is 23.1 Å². The Balaban J connectivity index is 1.90. The number of carbonyl (C=O) groups is 1. The van der Waals surface area contributed by atoms with E-state index in [0.29, 0.717) is 17.5 Å². The molecule has 0 bridgehead atoms. The van der Waals surface area contributed by atoms with Crippen LogP contribution in [0.5, 0.6) is 5.75 Å². The van der Waals surface area contributed by atoms with Gasteiger partial charge in [-0.05, 0) is 55.7 Å². The molecule has 2 aromatic carbocycles. The Morgan fingerprint density at radius 1 is 1.16 bits per heavy atom. The predicted molar refractivity (Wildman–Crippen MR) is 125 cm³/mol. The van der Waals surface area contributed by atoms with Gasteiger partial charge >= 0.3 is 0 Å². The summed E-state index contributed by atoms with van der Waals surface area (Å²) >= 11 is 0. The molecule has 0 aliphatic heterocycles. The zero-order valence-electron chi connectivity index (χ0n) is 18.6. The van der Waals surface area contributed by atoms with Crippen molar-refractivity contribution in [3.8, 4) is 16.9 Å². The number of nitrogens with one attached hydrogen (secondary N) is 1. The molecule has 9 heteroatoms. The van der Waals surface area contributed by atoms with Gasteiger partial charge in [0.15, 0.2) is 9.84 Å². The Labute approximate surface area is 187 Å². The van der Waals surface area contributed by atoms with Gasteiger partial charge in [-0.3, -0.25) is 14.2 Å². The summed E-state index contributed by atoms with van der Waals surface area (Å²) in [4.78, 5) is 29.6. The minimum atomic E-state index is -3.70. The molecular weight excluding hydrogens is 430 g/mol. The molecule has 0 radical (unpaired) electrons. The topological polar surface area (TPSA) is 107 Å². The maximum Gasteiger partial charge on any atom is 0.261 e. The van der Waals surface area contributed by atoms with Crippen molar-refractivity contribution in [1.29, 1.82) is 0 Å². The highest BCUT2D eigenvalue weighted by Gasteiger charge is 2.42. The van der Waals surface area contributed by atoms with Crippen LogP contribution in [0.4, 0.5) is 0 Å². The largest absolute Gasteiger partial charge is 0.494 e. The molecule has 0 saturated heterocycles. The molecule has 0 aliphatic carbocycles. The lowest BCUT2D eigenvalue weighted by Crippen LogP contribution is -2.49. The van der Waals surface area contributed by atoms with E-state index in [9.17, 15) is 18.0 Å². The molecule has 0 saturated carbocycles. The van der Waals surface area contributed by atoms with Crippen LogP contribution in [0.25, 0.3) is 22.0 Å². The minimum Gasteiger partial charge on any atom is -0.494 e. The standard InChI is InChI=1S/C23H27N3O5S/c1-5-31-18-9-6-16(7-10-18)17-8-11-19-20(14-17)25-15-26(21(19)27)13-12-23(2,22(28)24-3)32(4,29)30/h6-11,14-15H,5,12-13H2,1-4H3,(H,24,28)/t23-/m1/s1. The predicted octanol–water partition coefficient (Wildman–Crippen LogP) is 2.40. The second kappa shape index (κ2) is 9.12. The van der Waals surface area contributed by atoms with Crippen molar-refractivity contribution in [3.05, 3.63) is 59.1 Å². The Kier molecular flexibility index (Phi) is 6.68. The van der Waals surface area contributed by atoms with Gasteiger partial charge in [0.1, 0.15) is 10.5 Å². The fraction of sp³-hybridized carbons (Fsp3) is 0.348. The van der Waals surface area contributed by atoms with Crippen molar-refractivity contribution in [2.24, 2.45) is 0 Å². The molecule has 0 aliphatic rings. The zero-order chi connectivity index (χ0) is 23.5. The summed E-state index contributed by atoms with van der Waals surface area (Å²) in [7, 11) is -2.31. The summed E-state index contributed by atoms with van der Waals surface area (Å²) in [6.07, 6.45) is 2.36. The number of hydrogen-bond donors (Lipinski definition) is 1. The van der Waals surface area contributed by atoms with E-state index in [1.165, 1.54) is 24.9 Å². The molecule has 170 valence electrons. The van der Waals surface area contributed by atoms with Crippen molar-refractivity contribution in [2.45, 2.75) is 31.6 Å². The molecule has 1 heterocycles. The highest BCUT2D eigenvalue weighted by Crippen LogP contribution is 2.25. The van der Waals surface area contributed by atoms with Gasteiger partial charge in [-0.15, -0.1) is 0 Å². The first-order valence-corrected chi connectivity index (χ1v) is 12.1. The van der Waals surface area contributed by atoms with Crippen LogP contribution in [0.1, 0.15) is 20.3 Å². The van der Waals surface area contributed by atoms with Gasteiger partial charge in [0.2, 0.25) is 5.91 Å². The summed E-state index contributed by atoms with van der Waals surface area (Å²) < 4.78 is 29.6. The first kappa shape index (κ1) is 23.5. The Bertz CT molecular complexity index is 1300. The van der Waals surface area contributed by atoms with Gasteiger partial charge in [0.05, 0.1) is 23.8 Å². The van der Waals surface area contributed by atoms with Crippen molar-refractivity contribution < 1.29 is 17.9 Å². The van der Waals surface area contributed by atoms with E-state index in [4.69, 9.17) is 4.74 Å². The number of aryl methyl sites for hydroxylation is 1. The number of fused-ring (bicyclic) bond motifs is 1. The van der Waals surface area contributed by atoms with Crippen LogP contribution in [0, 0.1) is 0 Å². The number of rotatable bonds is 8. The quantitative estimate of drug-likeness (QED) is 0.557. The van der Waals surface area contributed by atoms with Gasteiger partial charge in [-0.25, -0.2) is 13.4 Å². The van der Waals surface area contributed by atoms with Crippen LogP contribution in [0.2, 0.25) is 0 Å². The molecule has 3 rings (SSSR count). The third-order valence-electron chi connectivity index (χ3n) is 5.68. The molecule has 0 unspecified atom stereocenters. The molecule has 1 N–H and O–H groups in total. The maximum absolute atomic E-state index is 13.0. The number of amides is 1. The fourth-order valence-corrected chi connectivity index (χ4v) is 4.37. The van der Waals surface area contributed by atoms with E-state index in [2.05, 4.69) is 10.3 Å². The average Bonchev–Trinajstić information content (AvgIpc) is 2.77. The first-order chi connectivity index (χ1) is 15.1. The van der Waals surface area contributed by atoms with E-state index < -0.39 is 20.5 Å². The fourth-order valence-electron chi connectivity index (χ4n) is 3.47. The highest BCUT2D eigenvalue weighted by atomic mass is 32.2. The van der Waals surface area contributed by atoms with Crippen molar-refractivity contribution >= 4 is 26.6 Å². The number of benzene rings is 2. The van der Waals surface area contributed by atoms with Crippen LogP contribution < -0.4 is 15.6 Å². The van der Waals surface area contributed by atoms with E-state index in [-0.39, 0.29) is 18.5 Å². The summed E-state index contributed by atoms with van der Waals surface area (Å²) in [6, 6.07) is 13.1. The number of nitrogens with zero attached hydrogens (tertiary/aromatic N) is 2. The molecule has 1 aromatic heterocycles. The van der Waals surface area contributed by atoms with Gasteiger partial charge < -0.3 is 10.1 Å². The smallest absolute Gasteiger partial charge is 0.261 e. The van der Waals surface area contributed by atoms with Gasteiger partial charge in [0, 0.05) is 19.8 Å². The number of carbonyl (C=O) groups excluding carboxylic acids is 1. The highest BCUT2D eigenvalue weighted by molar-refractivity contribution is 7.92. The van der Waals surface area contributed by atoms with Gasteiger partial charge in [0.25, 0.3) is 5.56 Å². The number of ether oxygens (including phenoxy) is 1. The van der Waals surface area contributed by atoms with Crippen LogP contribution in [0.3, 0.4) is 0 Å². The number of sulfone groups is 1. The first-order valence-electron chi connectivity index (χ1n) is 10.2. The average molecular weight is 458 g/mol. The molecule has 0 fully saturated rings. The molecule has 32 heavy (non-hydrogen) atoms. The molecule has 8 nitrogen and oxygen atoms in total. The van der Waals surface area contributed by atoms with E-state index >= 15 is 0 Å². The third-order valence-corrected chi connectivity index (χ3v) is 7.71. The second-order valence-corrected chi connectivity index (χ2v) is 10.2. The summed E-state index contributed by atoms with van der Waals surface area (Å²) in [5, 5.41) is 2.82. The minimum absolute atomic E-state index is 0.0411. The lowest BCUT2D eigenvalue weighted by Gasteiger charge is -2.25. The summed E-state index contributed by atoms with van der Waals surface area (Å²) in [5.41, 5.74) is 2.13. The second-order valence-electron chi connectivity index (χ2n) is 7.76. The van der Waals surface area contributed by atoms with Crippen LogP contribution in [-0.4, -0.2) is 48.5 Å². The summed E-state index contributed by atoms with van der Waals surface area (Å²) in [6.45, 7) is 3.93. The molecule has 1 atom stereocenters. The van der Waals surface area contributed by atoms with Crippen molar-refractivity contribution in [2.75, 3.05) is 19.9 Å². The number of aromatic nitrogens is 2. The summed E-state index contributed by atoms with van der Waals surface area (Å²) in [5.74, 6) is 0.178.